The third-order valence-corrected chi connectivity index (χ3v) is 7.90. The predicted octanol–water partition coefficient (Wildman–Crippen LogP) is 4.47. The van der Waals surface area contributed by atoms with E-state index in [1.807, 2.05) is 34.9 Å². The van der Waals surface area contributed by atoms with Crippen LogP contribution in [0, 0.1) is 6.92 Å². The van der Waals surface area contributed by atoms with Crippen LogP contribution in [0.4, 0.5) is 0 Å². The summed E-state index contributed by atoms with van der Waals surface area (Å²) in [6.45, 7) is 1.93. The summed E-state index contributed by atoms with van der Waals surface area (Å²) in [6.07, 6.45) is 4.74. The molecule has 152 valence electrons. The molecule has 0 saturated carbocycles. The Morgan fingerprint density at radius 2 is 1.97 bits per heavy atom. The molecule has 1 aliphatic rings. The zero-order valence-corrected chi connectivity index (χ0v) is 18.4. The van der Waals surface area contributed by atoms with Gasteiger partial charge in [0.1, 0.15) is 16.4 Å². The zero-order valence-electron chi connectivity index (χ0n) is 16.8. The third-order valence-electron chi connectivity index (χ3n) is 5.63. The number of aryl methyl sites for hydroxylation is 3. The van der Waals surface area contributed by atoms with E-state index in [0.29, 0.717) is 0 Å². The normalized spacial score (nSPS) is 14.1. The fraction of sp³-hybridized carbons (Fsp3) is 0.333. The third kappa shape index (κ3) is 2.72. The highest BCUT2D eigenvalue weighted by Gasteiger charge is 2.25. The second-order valence-electron chi connectivity index (χ2n) is 7.54. The summed E-state index contributed by atoms with van der Waals surface area (Å²) in [5.74, 6) is 3.17. The Hall–Kier alpha value is -2.65. The van der Waals surface area contributed by atoms with Gasteiger partial charge in [-0.25, -0.2) is 9.38 Å². The van der Waals surface area contributed by atoms with Crippen LogP contribution in [0.15, 0.2) is 29.4 Å². The molecule has 0 N–H and O–H groups in total. The fourth-order valence-electron chi connectivity index (χ4n) is 4.20. The van der Waals surface area contributed by atoms with Gasteiger partial charge in [0.2, 0.25) is 0 Å². The van der Waals surface area contributed by atoms with E-state index in [1.54, 1.807) is 18.9 Å². The van der Waals surface area contributed by atoms with Crippen LogP contribution in [-0.2, 0) is 18.6 Å². The van der Waals surface area contributed by atoms with Gasteiger partial charge in [-0.1, -0.05) is 23.9 Å². The van der Waals surface area contributed by atoms with Crippen LogP contribution in [-0.4, -0.2) is 36.3 Å². The molecule has 0 atom stereocenters. The van der Waals surface area contributed by atoms with Gasteiger partial charge < -0.3 is 4.74 Å². The first-order valence-electron chi connectivity index (χ1n) is 10.0. The van der Waals surface area contributed by atoms with Crippen molar-refractivity contribution in [3.05, 3.63) is 46.1 Å². The number of ether oxygens (including phenoxy) is 1. The molecule has 0 radical (unpaired) electrons. The first-order chi connectivity index (χ1) is 14.7. The van der Waals surface area contributed by atoms with Crippen LogP contribution >= 0.6 is 23.1 Å². The number of rotatable bonds is 4. The van der Waals surface area contributed by atoms with Crippen molar-refractivity contribution in [2.75, 3.05) is 7.11 Å². The minimum atomic E-state index is 0.730. The first-order valence-corrected chi connectivity index (χ1v) is 11.8. The molecule has 7 nitrogen and oxygen atoms in total. The standard InChI is InChI=1S/C21H20N6OS2/c1-12-22-18-17-15-5-3-4-6-16(15)30-19(17)26-20(27(18)25-12)23-24-21(26)29-11-13-7-9-14(28-2)10-8-13/h7-10H,3-6,11H2,1-2H3. The van der Waals surface area contributed by atoms with Gasteiger partial charge >= 0.3 is 0 Å². The first kappa shape index (κ1) is 18.1. The summed E-state index contributed by atoms with van der Waals surface area (Å²) in [5, 5.41) is 15.8. The Morgan fingerprint density at radius 3 is 2.80 bits per heavy atom. The molecule has 0 bridgehead atoms. The Balaban J connectivity index is 1.52. The molecule has 5 aromatic rings. The molecule has 0 unspecified atom stereocenters. The SMILES string of the molecule is COc1ccc(CSc2nnc3n4nc(C)nc4c4c5c(sc4n23)CCCC5)cc1. The average Bonchev–Trinajstić information content (AvgIpc) is 3.46. The Kier molecular flexibility index (Phi) is 4.21. The summed E-state index contributed by atoms with van der Waals surface area (Å²) < 4.78 is 9.30. The van der Waals surface area contributed by atoms with Crippen LogP contribution in [0.3, 0.4) is 0 Å². The van der Waals surface area contributed by atoms with E-state index in [-0.39, 0.29) is 0 Å². The summed E-state index contributed by atoms with van der Waals surface area (Å²) in [5.41, 5.74) is 3.57. The molecule has 0 spiro atoms. The summed E-state index contributed by atoms with van der Waals surface area (Å²) in [6, 6.07) is 8.16. The zero-order chi connectivity index (χ0) is 20.2. The lowest BCUT2D eigenvalue weighted by Crippen LogP contribution is -2.01. The van der Waals surface area contributed by atoms with Crippen molar-refractivity contribution in [3.63, 3.8) is 0 Å². The van der Waals surface area contributed by atoms with Gasteiger partial charge in [-0.15, -0.1) is 26.6 Å². The maximum absolute atomic E-state index is 5.26. The molecule has 1 aliphatic carbocycles. The monoisotopic (exact) mass is 436 g/mol. The van der Waals surface area contributed by atoms with Crippen LogP contribution in [0.1, 0.15) is 34.7 Å². The van der Waals surface area contributed by atoms with E-state index in [1.165, 1.54) is 39.1 Å². The molecule has 0 saturated heterocycles. The lowest BCUT2D eigenvalue weighted by Gasteiger charge is -2.10. The highest BCUT2D eigenvalue weighted by molar-refractivity contribution is 7.98. The average molecular weight is 437 g/mol. The number of fused-ring (bicyclic) bond motifs is 8. The minimum absolute atomic E-state index is 0.730. The van der Waals surface area contributed by atoms with E-state index in [4.69, 9.17) is 9.72 Å². The number of nitrogens with zero attached hydrogens (tertiary/aromatic N) is 6. The Labute approximate surface area is 181 Å². The number of hydrogen-bond donors (Lipinski definition) is 0. The lowest BCUT2D eigenvalue weighted by molar-refractivity contribution is 0.414. The molecule has 0 fully saturated rings. The number of thiophene rings is 1. The van der Waals surface area contributed by atoms with Gasteiger partial charge in [-0.3, -0.25) is 0 Å². The van der Waals surface area contributed by atoms with E-state index in [0.717, 1.165) is 46.7 Å². The number of aromatic nitrogens is 6. The molecule has 9 heteroatoms. The molecular weight excluding hydrogens is 416 g/mol. The van der Waals surface area contributed by atoms with Crippen LogP contribution < -0.4 is 4.74 Å². The van der Waals surface area contributed by atoms with E-state index >= 15 is 0 Å². The largest absolute Gasteiger partial charge is 0.497 e. The molecule has 4 aromatic heterocycles. The van der Waals surface area contributed by atoms with Crippen molar-refractivity contribution in [2.24, 2.45) is 0 Å². The summed E-state index contributed by atoms with van der Waals surface area (Å²) >= 11 is 3.56. The van der Waals surface area contributed by atoms with Gasteiger partial charge in [0.05, 0.1) is 12.5 Å². The Bertz CT molecular complexity index is 1400. The minimum Gasteiger partial charge on any atom is -0.497 e. The topological polar surface area (TPSA) is 69.6 Å². The van der Waals surface area contributed by atoms with Crippen LogP contribution in [0.25, 0.3) is 21.6 Å². The molecular formula is C21H20N6OS2. The van der Waals surface area contributed by atoms with Crippen LogP contribution in [0.5, 0.6) is 5.75 Å². The molecule has 1 aromatic carbocycles. The van der Waals surface area contributed by atoms with E-state index in [9.17, 15) is 0 Å². The number of hydrogen-bond acceptors (Lipinski definition) is 7. The van der Waals surface area contributed by atoms with Crippen molar-refractivity contribution in [1.82, 2.24) is 29.2 Å². The number of thioether (sulfide) groups is 1. The Morgan fingerprint density at radius 1 is 1.13 bits per heavy atom. The van der Waals surface area contributed by atoms with Crippen LogP contribution in [0.2, 0.25) is 0 Å². The van der Waals surface area contributed by atoms with Crippen molar-refractivity contribution < 1.29 is 4.74 Å². The molecule has 30 heavy (non-hydrogen) atoms. The van der Waals surface area contributed by atoms with Crippen molar-refractivity contribution >= 4 is 44.7 Å². The quantitative estimate of drug-likeness (QED) is 0.387. The van der Waals surface area contributed by atoms with Gasteiger partial charge in [0.15, 0.2) is 10.8 Å². The molecule has 0 amide bonds. The lowest BCUT2D eigenvalue weighted by atomic mass is 9.97. The smallest absolute Gasteiger partial charge is 0.260 e. The molecule has 0 aliphatic heterocycles. The van der Waals surface area contributed by atoms with Gasteiger partial charge in [-0.2, -0.15) is 4.52 Å². The van der Waals surface area contributed by atoms with Gasteiger partial charge in [0.25, 0.3) is 5.78 Å². The van der Waals surface area contributed by atoms with E-state index in [2.05, 4.69) is 31.8 Å². The second-order valence-corrected chi connectivity index (χ2v) is 9.57. The van der Waals surface area contributed by atoms with Crippen molar-refractivity contribution in [2.45, 2.75) is 43.5 Å². The van der Waals surface area contributed by atoms with Crippen molar-refractivity contribution in [1.29, 1.82) is 0 Å². The maximum atomic E-state index is 5.26. The highest BCUT2D eigenvalue weighted by Crippen LogP contribution is 2.40. The summed E-state index contributed by atoms with van der Waals surface area (Å²) in [7, 11) is 1.69. The van der Waals surface area contributed by atoms with E-state index < -0.39 is 0 Å². The van der Waals surface area contributed by atoms with Gasteiger partial charge in [0, 0.05) is 10.6 Å². The second kappa shape index (κ2) is 6.95. The highest BCUT2D eigenvalue weighted by atomic mass is 32.2. The predicted molar refractivity (Wildman–Crippen MR) is 119 cm³/mol. The van der Waals surface area contributed by atoms with Gasteiger partial charge in [-0.05, 0) is 55.9 Å². The fourth-order valence-corrected chi connectivity index (χ4v) is 6.53. The number of methoxy groups -OCH3 is 1. The summed E-state index contributed by atoms with van der Waals surface area (Å²) in [4.78, 5) is 7.42. The number of benzene rings is 1. The van der Waals surface area contributed by atoms with Crippen molar-refractivity contribution in [3.8, 4) is 5.75 Å². The molecule has 4 heterocycles. The maximum Gasteiger partial charge on any atom is 0.260 e. The molecule has 6 rings (SSSR count).